The van der Waals surface area contributed by atoms with Gasteiger partial charge in [0.15, 0.2) is 11.5 Å². The van der Waals surface area contributed by atoms with Crippen LogP contribution in [0.5, 0.6) is 11.5 Å². The Labute approximate surface area is 241 Å². The van der Waals surface area contributed by atoms with Crippen LogP contribution in [0.3, 0.4) is 0 Å². The third kappa shape index (κ3) is 4.99. The number of nitrogens with zero attached hydrogens (tertiary/aromatic N) is 4. The van der Waals surface area contributed by atoms with E-state index in [0.717, 1.165) is 51.6 Å². The molecule has 0 N–H and O–H groups in total. The number of unbranched alkanes of at least 4 members (excludes halogenated alkanes) is 1. The highest BCUT2D eigenvalue weighted by molar-refractivity contribution is 7.00. The van der Waals surface area contributed by atoms with E-state index < -0.39 is 5.97 Å². The van der Waals surface area contributed by atoms with Gasteiger partial charge in [0.2, 0.25) is 12.7 Å². The fourth-order valence-electron chi connectivity index (χ4n) is 5.32. The molecule has 3 aromatic carbocycles. The fraction of sp³-hybridized carbons (Fsp3) is 0.290. The van der Waals surface area contributed by atoms with Gasteiger partial charge in [-0.15, -0.1) is 0 Å². The monoisotopic (exact) mass is 570 g/mol. The number of ether oxygens (including phenoxy) is 3. The summed E-state index contributed by atoms with van der Waals surface area (Å²) in [5, 5.41) is 0.837. The first-order valence-corrected chi connectivity index (χ1v) is 14.4. The maximum atomic E-state index is 13.7. The normalized spacial score (nSPS) is 12.3. The second kappa shape index (κ2) is 11.2. The average molecular weight is 571 g/mol. The van der Waals surface area contributed by atoms with Gasteiger partial charge in [-0.1, -0.05) is 25.5 Å². The number of fused-ring (bicyclic) bond motifs is 3. The number of amides is 1. The topological polar surface area (TPSA) is 95.8 Å². The molecule has 0 radical (unpaired) electrons. The molecule has 0 bridgehead atoms. The van der Waals surface area contributed by atoms with Gasteiger partial charge in [0, 0.05) is 42.2 Å². The molecule has 0 unspecified atom stereocenters. The molecule has 41 heavy (non-hydrogen) atoms. The van der Waals surface area contributed by atoms with E-state index in [-0.39, 0.29) is 19.3 Å². The van der Waals surface area contributed by atoms with Gasteiger partial charge in [0.25, 0.3) is 0 Å². The predicted molar refractivity (Wildman–Crippen MR) is 159 cm³/mol. The average Bonchev–Trinajstić information content (AvgIpc) is 3.70. The molecule has 2 aromatic heterocycles. The van der Waals surface area contributed by atoms with E-state index in [0.29, 0.717) is 35.8 Å². The van der Waals surface area contributed by atoms with E-state index in [4.69, 9.17) is 14.2 Å². The highest BCUT2D eigenvalue weighted by Crippen LogP contribution is 2.42. The molecule has 6 rings (SSSR count). The van der Waals surface area contributed by atoms with E-state index in [1.807, 2.05) is 59.2 Å². The van der Waals surface area contributed by atoms with Crippen LogP contribution in [0.1, 0.15) is 49.7 Å². The number of benzene rings is 3. The summed E-state index contributed by atoms with van der Waals surface area (Å²) in [7, 11) is 0. The molecule has 210 valence electrons. The van der Waals surface area contributed by atoms with Crippen LogP contribution < -0.4 is 14.4 Å². The quantitative estimate of drug-likeness (QED) is 0.189. The van der Waals surface area contributed by atoms with Gasteiger partial charge < -0.3 is 23.7 Å². The van der Waals surface area contributed by atoms with Crippen LogP contribution in [-0.2, 0) is 16.1 Å². The van der Waals surface area contributed by atoms with Gasteiger partial charge >= 0.3 is 5.97 Å². The molecule has 1 aliphatic rings. The van der Waals surface area contributed by atoms with Crippen molar-refractivity contribution < 1.29 is 23.8 Å². The molecule has 10 heteroatoms. The lowest BCUT2D eigenvalue weighted by atomic mass is 10.0. The number of carbonyl (C=O) groups is 2. The van der Waals surface area contributed by atoms with Crippen molar-refractivity contribution in [3.63, 3.8) is 0 Å². The van der Waals surface area contributed by atoms with E-state index in [1.165, 1.54) is 11.7 Å². The number of hydrogen-bond acceptors (Lipinski definition) is 8. The summed E-state index contributed by atoms with van der Waals surface area (Å²) in [5.74, 6) is 0.814. The van der Waals surface area contributed by atoms with Gasteiger partial charge in [-0.25, -0.2) is 4.79 Å². The van der Waals surface area contributed by atoms with Crippen LogP contribution in [0.4, 0.5) is 5.69 Å². The Balaban J connectivity index is 1.60. The minimum atomic E-state index is -0.427. The summed E-state index contributed by atoms with van der Waals surface area (Å²) in [6.45, 7) is 6.89. The summed E-state index contributed by atoms with van der Waals surface area (Å²) >= 11 is 1.17. The smallest absolute Gasteiger partial charge is 0.355 e. The fourth-order valence-corrected chi connectivity index (χ4v) is 5.84. The van der Waals surface area contributed by atoms with Crippen molar-refractivity contribution in [1.29, 1.82) is 0 Å². The number of rotatable bonds is 9. The van der Waals surface area contributed by atoms with E-state index in [9.17, 15) is 9.59 Å². The molecule has 0 atom stereocenters. The lowest BCUT2D eigenvalue weighted by Gasteiger charge is -2.21. The van der Waals surface area contributed by atoms with E-state index in [1.54, 1.807) is 18.7 Å². The molecular formula is C31H30N4O5S. The van der Waals surface area contributed by atoms with Crippen LogP contribution in [0, 0.1) is 0 Å². The first-order valence-electron chi connectivity index (χ1n) is 13.7. The molecule has 3 heterocycles. The van der Waals surface area contributed by atoms with Gasteiger partial charge in [-0.3, -0.25) is 4.79 Å². The SMILES string of the molecule is CCCCN(C(C)=O)c1ccc2c(c1)c(-c1ccc3c(c1)OCO3)c(C(=O)OCC)n2Cc1ccc2nsnc2c1. The van der Waals surface area contributed by atoms with Crippen molar-refractivity contribution >= 4 is 51.2 Å². The third-order valence-corrected chi connectivity index (χ3v) is 7.82. The van der Waals surface area contributed by atoms with Crippen LogP contribution in [0.25, 0.3) is 33.1 Å². The molecule has 1 aliphatic heterocycles. The Morgan fingerprint density at radius 2 is 1.83 bits per heavy atom. The van der Waals surface area contributed by atoms with Gasteiger partial charge in [-0.05, 0) is 66.9 Å². The number of hydrogen-bond donors (Lipinski definition) is 0. The number of aromatic nitrogens is 3. The summed E-state index contributed by atoms with van der Waals surface area (Å²) in [4.78, 5) is 28.2. The summed E-state index contributed by atoms with van der Waals surface area (Å²) < 4.78 is 27.5. The van der Waals surface area contributed by atoms with Crippen molar-refractivity contribution in [2.45, 2.75) is 40.2 Å². The zero-order valence-electron chi connectivity index (χ0n) is 23.2. The van der Waals surface area contributed by atoms with Crippen molar-refractivity contribution in [3.8, 4) is 22.6 Å². The summed E-state index contributed by atoms with van der Waals surface area (Å²) in [6.07, 6.45) is 1.85. The van der Waals surface area contributed by atoms with Crippen LogP contribution in [0.15, 0.2) is 54.6 Å². The lowest BCUT2D eigenvalue weighted by Crippen LogP contribution is -2.29. The zero-order valence-corrected chi connectivity index (χ0v) is 24.0. The van der Waals surface area contributed by atoms with Crippen molar-refractivity contribution in [2.75, 3.05) is 24.8 Å². The van der Waals surface area contributed by atoms with Crippen molar-refractivity contribution in [3.05, 3.63) is 65.9 Å². The first kappa shape index (κ1) is 26.8. The summed E-state index contributed by atoms with van der Waals surface area (Å²) in [5.41, 5.74) is 6.19. The summed E-state index contributed by atoms with van der Waals surface area (Å²) in [6, 6.07) is 17.5. The maximum absolute atomic E-state index is 13.7. The molecule has 0 saturated heterocycles. The second-order valence-electron chi connectivity index (χ2n) is 9.91. The maximum Gasteiger partial charge on any atom is 0.355 e. The second-order valence-corrected chi connectivity index (χ2v) is 10.4. The minimum Gasteiger partial charge on any atom is -0.461 e. The van der Waals surface area contributed by atoms with Crippen LogP contribution >= 0.6 is 11.7 Å². The molecule has 0 aliphatic carbocycles. The number of anilines is 1. The predicted octanol–water partition coefficient (Wildman–Crippen LogP) is 6.42. The largest absolute Gasteiger partial charge is 0.461 e. The Morgan fingerprint density at radius 1 is 1.00 bits per heavy atom. The van der Waals surface area contributed by atoms with Crippen molar-refractivity contribution in [1.82, 2.24) is 13.3 Å². The molecule has 9 nitrogen and oxygen atoms in total. The van der Waals surface area contributed by atoms with Crippen molar-refractivity contribution in [2.24, 2.45) is 0 Å². The Bertz CT molecular complexity index is 1780. The highest BCUT2D eigenvalue weighted by Gasteiger charge is 2.28. The Hall–Kier alpha value is -4.44. The molecule has 5 aromatic rings. The molecule has 1 amide bonds. The standard InChI is InChI=1S/C31H30N4O5S/c1-4-6-13-34(19(3)36)22-9-11-26-23(16-22)29(21-8-12-27-28(15-21)40-18-39-27)30(31(37)38-5-2)35(26)17-20-7-10-24-25(14-20)33-41-32-24/h7-12,14-16H,4-6,13,17-18H2,1-3H3. The van der Waals surface area contributed by atoms with E-state index in [2.05, 4.69) is 15.7 Å². The van der Waals surface area contributed by atoms with Gasteiger partial charge in [0.1, 0.15) is 16.7 Å². The molecule has 0 fully saturated rings. The third-order valence-electron chi connectivity index (χ3n) is 7.26. The van der Waals surface area contributed by atoms with Gasteiger partial charge in [-0.2, -0.15) is 8.75 Å². The van der Waals surface area contributed by atoms with Crippen LogP contribution in [-0.4, -0.2) is 45.1 Å². The minimum absolute atomic E-state index is 0.0300. The Kier molecular flexibility index (Phi) is 7.32. The van der Waals surface area contributed by atoms with Crippen LogP contribution in [0.2, 0.25) is 0 Å². The van der Waals surface area contributed by atoms with E-state index >= 15 is 0 Å². The first-order chi connectivity index (χ1) is 20.0. The highest BCUT2D eigenvalue weighted by atomic mass is 32.1. The Morgan fingerprint density at radius 3 is 2.63 bits per heavy atom. The molecule has 0 spiro atoms. The zero-order chi connectivity index (χ0) is 28.5. The van der Waals surface area contributed by atoms with Gasteiger partial charge in [0.05, 0.1) is 18.3 Å². The molecular weight excluding hydrogens is 540 g/mol. The number of esters is 1. The molecule has 0 saturated carbocycles. The lowest BCUT2D eigenvalue weighted by molar-refractivity contribution is -0.116. The number of carbonyl (C=O) groups excluding carboxylic acids is 2.